The zero-order valence-electron chi connectivity index (χ0n) is 17.7. The Morgan fingerprint density at radius 3 is 2.26 bits per heavy atom. The third-order valence-electron chi connectivity index (χ3n) is 5.53. The van der Waals surface area contributed by atoms with Gasteiger partial charge in [-0.1, -0.05) is 42.0 Å². The number of hydrogen-bond donors (Lipinski definition) is 1. The van der Waals surface area contributed by atoms with Gasteiger partial charge < -0.3 is 10.2 Å². The molecule has 0 bridgehead atoms. The number of aryl methyl sites for hydroxylation is 1. The molecule has 1 aliphatic heterocycles. The molecule has 0 unspecified atom stereocenters. The number of carbonyl (C=O) groups excluding carboxylic acids is 1. The molecule has 31 heavy (non-hydrogen) atoms. The Kier molecular flexibility index (Phi) is 6.57. The van der Waals surface area contributed by atoms with E-state index in [9.17, 15) is 9.18 Å². The lowest BCUT2D eigenvalue weighted by Crippen LogP contribution is -2.46. The molecule has 1 N–H and O–H groups in total. The van der Waals surface area contributed by atoms with Crippen molar-refractivity contribution in [1.82, 2.24) is 9.88 Å². The lowest BCUT2D eigenvalue weighted by molar-refractivity contribution is -0.115. The van der Waals surface area contributed by atoms with Crippen molar-refractivity contribution in [3.63, 3.8) is 0 Å². The SMILES string of the molecule is Cc1ccc(CN2CCN(c3ccc(NC(=O)Cc4ccc(F)cc4)cn3)CC2)cc1. The van der Waals surface area contributed by atoms with E-state index in [-0.39, 0.29) is 18.1 Å². The van der Waals surface area contributed by atoms with E-state index in [2.05, 4.69) is 51.3 Å². The van der Waals surface area contributed by atoms with Gasteiger partial charge in [-0.15, -0.1) is 0 Å². The molecular formula is C25H27FN4O. The summed E-state index contributed by atoms with van der Waals surface area (Å²) in [6, 6.07) is 18.5. The van der Waals surface area contributed by atoms with Crippen LogP contribution in [0.1, 0.15) is 16.7 Å². The van der Waals surface area contributed by atoms with E-state index < -0.39 is 0 Å². The number of halogens is 1. The van der Waals surface area contributed by atoms with Crippen molar-refractivity contribution in [3.05, 3.63) is 89.4 Å². The lowest BCUT2D eigenvalue weighted by Gasteiger charge is -2.35. The summed E-state index contributed by atoms with van der Waals surface area (Å²) in [4.78, 5) is 21.5. The highest BCUT2D eigenvalue weighted by molar-refractivity contribution is 5.92. The minimum Gasteiger partial charge on any atom is -0.354 e. The maximum atomic E-state index is 13.0. The van der Waals surface area contributed by atoms with Crippen LogP contribution in [0.25, 0.3) is 0 Å². The van der Waals surface area contributed by atoms with Gasteiger partial charge in [-0.2, -0.15) is 0 Å². The fourth-order valence-corrected chi connectivity index (χ4v) is 3.73. The van der Waals surface area contributed by atoms with Gasteiger partial charge in [0.1, 0.15) is 11.6 Å². The third kappa shape index (κ3) is 5.89. The Hall–Kier alpha value is -3.25. The van der Waals surface area contributed by atoms with Gasteiger partial charge in [-0.05, 0) is 42.3 Å². The number of anilines is 2. The normalized spacial score (nSPS) is 14.5. The topological polar surface area (TPSA) is 48.5 Å². The van der Waals surface area contributed by atoms with Crippen molar-refractivity contribution < 1.29 is 9.18 Å². The second kappa shape index (κ2) is 9.71. The number of pyridine rings is 1. The van der Waals surface area contributed by atoms with E-state index >= 15 is 0 Å². The first-order valence-corrected chi connectivity index (χ1v) is 10.6. The molecule has 2 heterocycles. The molecule has 160 valence electrons. The van der Waals surface area contributed by atoms with Gasteiger partial charge in [0.15, 0.2) is 0 Å². The summed E-state index contributed by atoms with van der Waals surface area (Å²) in [5.74, 6) is 0.470. The summed E-state index contributed by atoms with van der Waals surface area (Å²) in [6.07, 6.45) is 1.89. The van der Waals surface area contributed by atoms with Crippen LogP contribution in [0, 0.1) is 12.7 Å². The molecule has 6 heteroatoms. The van der Waals surface area contributed by atoms with Crippen LogP contribution in [-0.2, 0) is 17.8 Å². The van der Waals surface area contributed by atoms with E-state index in [1.807, 2.05) is 12.1 Å². The first-order chi connectivity index (χ1) is 15.0. The predicted molar refractivity (Wildman–Crippen MR) is 122 cm³/mol. The average Bonchev–Trinajstić information content (AvgIpc) is 2.78. The van der Waals surface area contributed by atoms with Gasteiger partial charge in [0.2, 0.25) is 5.91 Å². The maximum Gasteiger partial charge on any atom is 0.228 e. The Labute approximate surface area is 182 Å². The van der Waals surface area contributed by atoms with Gasteiger partial charge in [-0.3, -0.25) is 9.69 Å². The van der Waals surface area contributed by atoms with Gasteiger partial charge >= 0.3 is 0 Å². The quantitative estimate of drug-likeness (QED) is 0.657. The smallest absolute Gasteiger partial charge is 0.228 e. The second-order valence-corrected chi connectivity index (χ2v) is 8.01. The third-order valence-corrected chi connectivity index (χ3v) is 5.53. The molecule has 1 amide bonds. The fourth-order valence-electron chi connectivity index (χ4n) is 3.73. The molecule has 0 radical (unpaired) electrons. The van der Waals surface area contributed by atoms with Gasteiger partial charge in [0, 0.05) is 32.7 Å². The largest absolute Gasteiger partial charge is 0.354 e. The summed E-state index contributed by atoms with van der Waals surface area (Å²) < 4.78 is 13.0. The van der Waals surface area contributed by atoms with Gasteiger partial charge in [0.05, 0.1) is 18.3 Å². The summed E-state index contributed by atoms with van der Waals surface area (Å²) in [7, 11) is 0. The van der Waals surface area contributed by atoms with Gasteiger partial charge in [0.25, 0.3) is 0 Å². The maximum absolute atomic E-state index is 13.0. The van der Waals surface area contributed by atoms with E-state index in [4.69, 9.17) is 0 Å². The molecule has 2 aromatic carbocycles. The number of nitrogens with zero attached hydrogens (tertiary/aromatic N) is 3. The Bertz CT molecular complexity index is 995. The van der Waals surface area contributed by atoms with Crippen LogP contribution < -0.4 is 10.2 Å². The van der Waals surface area contributed by atoms with E-state index in [0.717, 1.165) is 44.1 Å². The Morgan fingerprint density at radius 2 is 1.61 bits per heavy atom. The molecule has 0 aliphatic carbocycles. The number of aromatic nitrogens is 1. The number of hydrogen-bond acceptors (Lipinski definition) is 4. The number of amides is 1. The zero-order chi connectivity index (χ0) is 21.6. The minimum absolute atomic E-state index is 0.147. The molecule has 0 spiro atoms. The van der Waals surface area contributed by atoms with E-state index in [1.54, 1.807) is 18.3 Å². The molecule has 1 aromatic heterocycles. The molecule has 5 nitrogen and oxygen atoms in total. The number of piperazine rings is 1. The van der Waals surface area contributed by atoms with Crippen molar-refractivity contribution in [2.24, 2.45) is 0 Å². The molecule has 0 saturated carbocycles. The molecule has 0 atom stereocenters. The van der Waals surface area contributed by atoms with Crippen LogP contribution in [0.5, 0.6) is 0 Å². The zero-order valence-corrected chi connectivity index (χ0v) is 17.7. The molecule has 1 saturated heterocycles. The number of nitrogens with one attached hydrogen (secondary N) is 1. The van der Waals surface area contributed by atoms with E-state index in [1.165, 1.54) is 23.3 Å². The Morgan fingerprint density at radius 1 is 0.935 bits per heavy atom. The Balaban J connectivity index is 1.26. The summed E-state index contributed by atoms with van der Waals surface area (Å²) in [5.41, 5.74) is 4.06. The number of rotatable bonds is 6. The highest BCUT2D eigenvalue weighted by Crippen LogP contribution is 2.18. The second-order valence-electron chi connectivity index (χ2n) is 8.01. The summed E-state index contributed by atoms with van der Waals surface area (Å²) >= 11 is 0. The van der Waals surface area contributed by atoms with Gasteiger partial charge in [-0.25, -0.2) is 9.37 Å². The first kappa shape index (κ1) is 21.0. The van der Waals surface area contributed by atoms with E-state index in [0.29, 0.717) is 5.69 Å². The molecule has 1 aliphatic rings. The molecular weight excluding hydrogens is 391 g/mol. The predicted octanol–water partition coefficient (Wildman–Crippen LogP) is 4.03. The van der Waals surface area contributed by atoms with Crippen molar-refractivity contribution in [1.29, 1.82) is 0 Å². The summed E-state index contributed by atoms with van der Waals surface area (Å²) in [5, 5.41) is 2.85. The average molecular weight is 419 g/mol. The van der Waals surface area contributed by atoms with Crippen LogP contribution in [-0.4, -0.2) is 42.0 Å². The lowest BCUT2D eigenvalue weighted by atomic mass is 10.1. The van der Waals surface area contributed by atoms with Crippen molar-refractivity contribution in [2.75, 3.05) is 36.4 Å². The molecule has 4 rings (SSSR count). The fraction of sp³-hybridized carbons (Fsp3) is 0.280. The molecule has 3 aromatic rings. The van der Waals surface area contributed by atoms with Crippen LogP contribution >= 0.6 is 0 Å². The highest BCUT2D eigenvalue weighted by Gasteiger charge is 2.18. The van der Waals surface area contributed by atoms with Crippen molar-refractivity contribution in [3.8, 4) is 0 Å². The highest BCUT2D eigenvalue weighted by atomic mass is 19.1. The molecule has 1 fully saturated rings. The van der Waals surface area contributed by atoms with Crippen molar-refractivity contribution >= 4 is 17.4 Å². The number of benzene rings is 2. The standard InChI is InChI=1S/C25H27FN4O/c1-19-2-4-21(5-3-19)18-29-12-14-30(15-13-29)24-11-10-23(17-27-24)28-25(31)16-20-6-8-22(26)9-7-20/h2-11,17H,12-16,18H2,1H3,(H,28,31). The van der Waals surface area contributed by atoms with Crippen LogP contribution in [0.15, 0.2) is 66.9 Å². The first-order valence-electron chi connectivity index (χ1n) is 10.6. The van der Waals surface area contributed by atoms with Crippen LogP contribution in [0.4, 0.5) is 15.9 Å². The monoisotopic (exact) mass is 418 g/mol. The number of carbonyl (C=O) groups is 1. The van der Waals surface area contributed by atoms with Crippen LogP contribution in [0.2, 0.25) is 0 Å². The summed E-state index contributed by atoms with van der Waals surface area (Å²) in [6.45, 7) is 6.92. The van der Waals surface area contributed by atoms with Crippen molar-refractivity contribution in [2.45, 2.75) is 19.9 Å². The van der Waals surface area contributed by atoms with Crippen LogP contribution in [0.3, 0.4) is 0 Å². The minimum atomic E-state index is -0.306.